The number of carbonyl (C=O) groups is 2. The van der Waals surface area contributed by atoms with E-state index in [0.717, 1.165) is 22.6 Å². The predicted octanol–water partition coefficient (Wildman–Crippen LogP) is 3.62. The smallest absolute Gasteiger partial charge is 0.271 e. The number of aromatic nitrogens is 2. The molecule has 138 valence electrons. The topological polar surface area (TPSA) is 84.0 Å². The molecule has 6 nitrogen and oxygen atoms in total. The lowest BCUT2D eigenvalue weighted by molar-refractivity contribution is -0.116. The Hall–Kier alpha value is -2.12. The number of benzene rings is 1. The molecule has 26 heavy (non-hydrogen) atoms. The van der Waals surface area contributed by atoms with Gasteiger partial charge in [-0.15, -0.1) is 0 Å². The van der Waals surface area contributed by atoms with Crippen molar-refractivity contribution in [1.82, 2.24) is 15.3 Å². The number of nitrogens with zero attached hydrogens (tertiary/aromatic N) is 2. The molecule has 0 saturated carbocycles. The van der Waals surface area contributed by atoms with Crippen molar-refractivity contribution in [3.8, 4) is 0 Å². The van der Waals surface area contributed by atoms with Crippen molar-refractivity contribution in [3.05, 3.63) is 46.2 Å². The van der Waals surface area contributed by atoms with E-state index in [1.54, 1.807) is 0 Å². The number of hydrogen-bond acceptors (Lipinski definition) is 5. The molecule has 0 fully saturated rings. The Morgan fingerprint density at radius 1 is 1.23 bits per heavy atom. The van der Waals surface area contributed by atoms with Crippen molar-refractivity contribution >= 4 is 40.9 Å². The van der Waals surface area contributed by atoms with Crippen LogP contribution < -0.4 is 10.6 Å². The molecule has 1 aromatic carbocycles. The van der Waals surface area contributed by atoms with E-state index in [4.69, 9.17) is 11.6 Å². The number of nitrogens with one attached hydrogen (secondary N) is 2. The van der Waals surface area contributed by atoms with Crippen LogP contribution >= 0.6 is 23.4 Å². The third kappa shape index (κ3) is 5.44. The molecular formula is C18H21ClN4O2S. The van der Waals surface area contributed by atoms with E-state index in [1.807, 2.05) is 39.0 Å². The van der Waals surface area contributed by atoms with E-state index in [1.165, 1.54) is 18.0 Å². The van der Waals surface area contributed by atoms with Crippen molar-refractivity contribution in [3.63, 3.8) is 0 Å². The molecule has 0 bridgehead atoms. The Morgan fingerprint density at radius 3 is 2.58 bits per heavy atom. The molecule has 2 N–H and O–H groups in total. The molecule has 0 aliphatic carbocycles. The minimum atomic E-state index is -0.421. The van der Waals surface area contributed by atoms with Crippen LogP contribution in [0.25, 0.3) is 0 Å². The monoisotopic (exact) mass is 392 g/mol. The number of thioether (sulfide) groups is 1. The zero-order valence-corrected chi connectivity index (χ0v) is 16.5. The van der Waals surface area contributed by atoms with Gasteiger partial charge < -0.3 is 10.6 Å². The van der Waals surface area contributed by atoms with Gasteiger partial charge >= 0.3 is 0 Å². The molecule has 0 aliphatic rings. The van der Waals surface area contributed by atoms with Gasteiger partial charge in [0, 0.05) is 18.7 Å². The number of halogens is 1. The Kier molecular flexibility index (Phi) is 7.41. The number of carbonyl (C=O) groups excluding carboxylic acids is 2. The third-order valence-corrected chi connectivity index (χ3v) is 4.61. The fraction of sp³-hybridized carbons (Fsp3) is 0.333. The van der Waals surface area contributed by atoms with Gasteiger partial charge in [-0.2, -0.15) is 0 Å². The minimum absolute atomic E-state index is 0.118. The Morgan fingerprint density at radius 2 is 1.92 bits per heavy atom. The van der Waals surface area contributed by atoms with Gasteiger partial charge in [0.05, 0.1) is 11.2 Å². The van der Waals surface area contributed by atoms with Gasteiger partial charge in [-0.25, -0.2) is 9.97 Å². The third-order valence-electron chi connectivity index (χ3n) is 3.59. The van der Waals surface area contributed by atoms with Gasteiger partial charge in [0.1, 0.15) is 0 Å². The quantitative estimate of drug-likeness (QED) is 0.555. The molecule has 0 spiro atoms. The van der Waals surface area contributed by atoms with Crippen molar-refractivity contribution in [2.75, 3.05) is 17.6 Å². The Balaban J connectivity index is 1.90. The van der Waals surface area contributed by atoms with Crippen LogP contribution in [0.15, 0.2) is 29.6 Å². The Labute approximate surface area is 162 Å². The molecule has 1 heterocycles. The summed E-state index contributed by atoms with van der Waals surface area (Å²) >= 11 is 7.42. The normalized spacial score (nSPS) is 10.5. The largest absolute Gasteiger partial charge is 0.350 e. The number of rotatable bonds is 7. The number of anilines is 1. The maximum Gasteiger partial charge on any atom is 0.271 e. The van der Waals surface area contributed by atoms with E-state index in [2.05, 4.69) is 20.6 Å². The summed E-state index contributed by atoms with van der Waals surface area (Å²) < 4.78 is 0. The summed E-state index contributed by atoms with van der Waals surface area (Å²) in [6.07, 6.45) is 1.56. The van der Waals surface area contributed by atoms with Crippen molar-refractivity contribution in [2.24, 2.45) is 0 Å². The summed E-state index contributed by atoms with van der Waals surface area (Å²) in [7, 11) is 0. The number of hydrogen-bond donors (Lipinski definition) is 2. The van der Waals surface area contributed by atoms with Crippen molar-refractivity contribution < 1.29 is 9.59 Å². The lowest BCUT2D eigenvalue weighted by Crippen LogP contribution is -2.29. The summed E-state index contributed by atoms with van der Waals surface area (Å²) in [4.78, 5) is 32.6. The van der Waals surface area contributed by atoms with Crippen molar-refractivity contribution in [1.29, 1.82) is 0 Å². The molecule has 0 aliphatic heterocycles. The zero-order valence-electron chi connectivity index (χ0n) is 14.9. The summed E-state index contributed by atoms with van der Waals surface area (Å²) in [5.41, 5.74) is 2.92. The second-order valence-corrected chi connectivity index (χ2v) is 7.24. The van der Waals surface area contributed by atoms with Crippen LogP contribution in [0.3, 0.4) is 0 Å². The van der Waals surface area contributed by atoms with Gasteiger partial charge in [-0.05, 0) is 30.7 Å². The number of aryl methyl sites for hydroxylation is 2. The van der Waals surface area contributed by atoms with Crippen LogP contribution in [0.4, 0.5) is 5.69 Å². The number of para-hydroxylation sites is 1. The van der Waals surface area contributed by atoms with E-state index in [0.29, 0.717) is 5.16 Å². The molecule has 2 aromatic rings. The van der Waals surface area contributed by atoms with E-state index in [9.17, 15) is 9.59 Å². The fourth-order valence-corrected chi connectivity index (χ4v) is 3.01. The van der Waals surface area contributed by atoms with E-state index < -0.39 is 5.91 Å². The molecule has 1 aromatic heterocycles. The average Bonchev–Trinajstić information content (AvgIpc) is 2.60. The molecule has 0 saturated heterocycles. The van der Waals surface area contributed by atoms with Crippen LogP contribution in [0.2, 0.25) is 5.02 Å². The molecule has 0 unspecified atom stereocenters. The highest BCUT2D eigenvalue weighted by Crippen LogP contribution is 2.20. The first-order valence-electron chi connectivity index (χ1n) is 8.22. The lowest BCUT2D eigenvalue weighted by atomic mass is 10.1. The van der Waals surface area contributed by atoms with E-state index in [-0.39, 0.29) is 29.6 Å². The average molecular weight is 393 g/mol. The second-order valence-electron chi connectivity index (χ2n) is 5.60. The molecule has 0 atom stereocenters. The number of amides is 2. The van der Waals surface area contributed by atoms with Crippen LogP contribution in [-0.4, -0.2) is 34.1 Å². The maximum absolute atomic E-state index is 12.2. The van der Waals surface area contributed by atoms with Crippen molar-refractivity contribution in [2.45, 2.75) is 32.3 Å². The highest BCUT2D eigenvalue weighted by molar-refractivity contribution is 7.99. The summed E-state index contributed by atoms with van der Waals surface area (Å²) in [5.74, 6) is 0.204. The molecule has 8 heteroatoms. The van der Waals surface area contributed by atoms with Gasteiger partial charge in [0.25, 0.3) is 5.91 Å². The van der Waals surface area contributed by atoms with Crippen LogP contribution in [0, 0.1) is 13.8 Å². The minimum Gasteiger partial charge on any atom is -0.350 e. The van der Waals surface area contributed by atoms with Crippen LogP contribution in [0.1, 0.15) is 35.0 Å². The van der Waals surface area contributed by atoms with Crippen LogP contribution in [-0.2, 0) is 4.79 Å². The van der Waals surface area contributed by atoms with Gasteiger partial charge in [0.2, 0.25) is 5.91 Å². The molecule has 2 amide bonds. The summed E-state index contributed by atoms with van der Waals surface area (Å²) in [6.45, 7) is 6.03. The van der Waals surface area contributed by atoms with Gasteiger partial charge in [-0.3, -0.25) is 9.59 Å². The predicted molar refractivity (Wildman–Crippen MR) is 105 cm³/mol. The molecular weight excluding hydrogens is 372 g/mol. The molecule has 2 rings (SSSR count). The van der Waals surface area contributed by atoms with Gasteiger partial charge in [-0.1, -0.05) is 48.5 Å². The standard InChI is InChI=1S/C18H21ClN4O2S/c1-4-26-18-21-10-13(19)16(23-18)17(25)20-9-8-14(24)22-15-11(2)6-5-7-12(15)3/h5-7,10H,4,8-9H2,1-3H3,(H,20,25)(H,22,24). The van der Waals surface area contributed by atoms with Gasteiger partial charge in [0.15, 0.2) is 10.9 Å². The maximum atomic E-state index is 12.2. The summed E-state index contributed by atoms with van der Waals surface area (Å²) in [6, 6.07) is 5.82. The lowest BCUT2D eigenvalue weighted by Gasteiger charge is -2.12. The van der Waals surface area contributed by atoms with E-state index >= 15 is 0 Å². The zero-order chi connectivity index (χ0) is 19.1. The molecule has 0 radical (unpaired) electrons. The first-order valence-corrected chi connectivity index (χ1v) is 9.58. The first-order chi connectivity index (χ1) is 12.4. The second kappa shape index (κ2) is 9.54. The highest BCUT2D eigenvalue weighted by Gasteiger charge is 2.15. The van der Waals surface area contributed by atoms with Crippen LogP contribution in [0.5, 0.6) is 0 Å². The Bertz CT molecular complexity index is 794. The first kappa shape index (κ1) is 20.2. The fourth-order valence-electron chi connectivity index (χ4n) is 2.30. The summed E-state index contributed by atoms with van der Waals surface area (Å²) in [5, 5.41) is 6.23. The SMILES string of the molecule is CCSc1ncc(Cl)c(C(=O)NCCC(=O)Nc2c(C)cccc2C)n1. The highest BCUT2D eigenvalue weighted by atomic mass is 35.5.